The van der Waals surface area contributed by atoms with E-state index in [1.165, 1.54) is 7.05 Å². The largest absolute Gasteiger partial charge is 0.405 e. The summed E-state index contributed by atoms with van der Waals surface area (Å²) in [6.45, 7) is 2.11. The third-order valence-corrected chi connectivity index (χ3v) is 3.88. The average Bonchev–Trinajstić information content (AvgIpc) is 2.62. The maximum atomic E-state index is 12.4. The van der Waals surface area contributed by atoms with Crippen molar-refractivity contribution in [2.24, 2.45) is 5.92 Å². The average molecular weight is 305 g/mol. The third-order valence-electron chi connectivity index (χ3n) is 2.55. The van der Waals surface area contributed by atoms with Gasteiger partial charge in [0.1, 0.15) is 23.2 Å². The lowest BCUT2D eigenvalue weighted by Crippen LogP contribution is -2.30. The van der Waals surface area contributed by atoms with Gasteiger partial charge in [-0.3, -0.25) is 4.79 Å². The molecule has 0 saturated carbocycles. The summed E-state index contributed by atoms with van der Waals surface area (Å²) in [6, 6.07) is 1.77. The van der Waals surface area contributed by atoms with Gasteiger partial charge in [-0.15, -0.1) is 11.3 Å². The van der Waals surface area contributed by atoms with E-state index in [0.717, 1.165) is 16.2 Å². The van der Waals surface area contributed by atoms with Gasteiger partial charge in [-0.1, -0.05) is 13.8 Å². The summed E-state index contributed by atoms with van der Waals surface area (Å²) >= 11 is 0.825. The van der Waals surface area contributed by atoms with Crippen LogP contribution in [0.5, 0.6) is 0 Å². The Morgan fingerprint density at radius 2 is 2.05 bits per heavy atom. The Balaban J connectivity index is 3.25. The molecule has 8 heteroatoms. The zero-order valence-corrected chi connectivity index (χ0v) is 12.0. The maximum absolute atomic E-state index is 12.4. The molecule has 1 aromatic rings. The second kappa shape index (κ2) is 5.71. The summed E-state index contributed by atoms with van der Waals surface area (Å²) in [5.41, 5.74) is 5.59. The van der Waals surface area contributed by atoms with E-state index in [1.54, 1.807) is 19.9 Å². The molecular formula is C12H14F3N3OS. The number of nitriles is 1. The first-order valence-corrected chi connectivity index (χ1v) is 6.54. The number of carbonyl (C=O) groups is 1. The summed E-state index contributed by atoms with van der Waals surface area (Å²) in [5, 5.41) is 9.10. The van der Waals surface area contributed by atoms with Crippen LogP contribution < -0.4 is 10.6 Å². The number of hydrogen-bond acceptors (Lipinski definition) is 5. The number of halogens is 3. The highest BCUT2D eigenvalue weighted by molar-refractivity contribution is 7.19. The highest BCUT2D eigenvalue weighted by Gasteiger charge is 2.32. The Morgan fingerprint density at radius 1 is 1.50 bits per heavy atom. The second-order valence-electron chi connectivity index (χ2n) is 4.63. The minimum atomic E-state index is -4.40. The molecule has 1 heterocycles. The molecule has 0 aliphatic carbocycles. The number of rotatable bonds is 4. The zero-order valence-electron chi connectivity index (χ0n) is 11.2. The van der Waals surface area contributed by atoms with Gasteiger partial charge >= 0.3 is 6.18 Å². The number of hydrogen-bond donors (Lipinski definition) is 1. The van der Waals surface area contributed by atoms with Crippen molar-refractivity contribution in [3.63, 3.8) is 0 Å². The van der Waals surface area contributed by atoms with Gasteiger partial charge in [0, 0.05) is 13.0 Å². The van der Waals surface area contributed by atoms with Crippen molar-refractivity contribution in [2.75, 3.05) is 24.2 Å². The number of nitrogens with two attached hydrogens (primary N) is 1. The summed E-state index contributed by atoms with van der Waals surface area (Å²) < 4.78 is 37.2. The van der Waals surface area contributed by atoms with Gasteiger partial charge in [0.25, 0.3) is 0 Å². The molecule has 1 aromatic heterocycles. The van der Waals surface area contributed by atoms with Crippen LogP contribution in [0.1, 0.15) is 29.1 Å². The number of Topliss-reactive ketones (excluding diaryl/α,β-unsaturated/α-hetero) is 1. The standard InChI is InChI=1S/C12H14F3N3OS/c1-6(2)9(19)10-8(17)7(4-16)11(20-10)18(3)5-12(13,14)15/h6H,5,17H2,1-3H3. The molecule has 0 atom stereocenters. The fourth-order valence-electron chi connectivity index (χ4n) is 1.59. The molecule has 0 spiro atoms. The minimum Gasteiger partial charge on any atom is -0.396 e. The molecule has 20 heavy (non-hydrogen) atoms. The smallest absolute Gasteiger partial charge is 0.396 e. The van der Waals surface area contributed by atoms with Crippen LogP contribution in [0.15, 0.2) is 0 Å². The molecule has 0 aromatic carbocycles. The van der Waals surface area contributed by atoms with Crippen LogP contribution >= 0.6 is 11.3 Å². The second-order valence-corrected chi connectivity index (χ2v) is 5.63. The van der Waals surface area contributed by atoms with E-state index >= 15 is 0 Å². The lowest BCUT2D eigenvalue weighted by Gasteiger charge is -2.19. The molecule has 1 rings (SSSR count). The van der Waals surface area contributed by atoms with Crippen molar-refractivity contribution in [1.82, 2.24) is 0 Å². The van der Waals surface area contributed by atoms with E-state index in [4.69, 9.17) is 11.0 Å². The maximum Gasteiger partial charge on any atom is 0.405 e. The van der Waals surface area contributed by atoms with Crippen LogP contribution in [-0.2, 0) is 0 Å². The molecule has 0 bridgehead atoms. The van der Waals surface area contributed by atoms with Crippen molar-refractivity contribution >= 4 is 27.8 Å². The molecular weight excluding hydrogens is 291 g/mol. The Labute approximate surface area is 118 Å². The molecule has 2 N–H and O–H groups in total. The normalized spacial score (nSPS) is 11.5. The van der Waals surface area contributed by atoms with Gasteiger partial charge in [0.2, 0.25) is 0 Å². The number of ketones is 1. The number of anilines is 2. The van der Waals surface area contributed by atoms with Gasteiger partial charge in [-0.2, -0.15) is 18.4 Å². The van der Waals surface area contributed by atoms with E-state index < -0.39 is 12.7 Å². The molecule has 0 saturated heterocycles. The van der Waals surface area contributed by atoms with E-state index in [1.807, 2.05) is 0 Å². The molecule has 0 fully saturated rings. The highest BCUT2D eigenvalue weighted by atomic mass is 32.1. The predicted molar refractivity (Wildman–Crippen MR) is 71.9 cm³/mol. The summed E-state index contributed by atoms with van der Waals surface area (Å²) in [5.74, 6) is -0.626. The van der Waals surface area contributed by atoms with Crippen molar-refractivity contribution in [3.8, 4) is 6.07 Å². The quantitative estimate of drug-likeness (QED) is 0.868. The topological polar surface area (TPSA) is 70.1 Å². The van der Waals surface area contributed by atoms with Gasteiger partial charge in [-0.25, -0.2) is 0 Å². The highest BCUT2D eigenvalue weighted by Crippen LogP contribution is 2.39. The van der Waals surface area contributed by atoms with Crippen LogP contribution in [0.25, 0.3) is 0 Å². The molecule has 0 unspecified atom stereocenters. The van der Waals surface area contributed by atoms with Crippen molar-refractivity contribution < 1.29 is 18.0 Å². The fraction of sp³-hybridized carbons (Fsp3) is 0.500. The molecule has 0 aliphatic rings. The summed E-state index contributed by atoms with van der Waals surface area (Å²) in [7, 11) is 1.21. The van der Waals surface area contributed by atoms with E-state index in [-0.39, 0.29) is 32.8 Å². The lowest BCUT2D eigenvalue weighted by atomic mass is 10.1. The van der Waals surface area contributed by atoms with Crippen molar-refractivity contribution in [3.05, 3.63) is 10.4 Å². The first-order chi connectivity index (χ1) is 9.08. The number of nitrogen functional groups attached to an aromatic ring is 1. The molecule has 110 valence electrons. The SMILES string of the molecule is CC(C)C(=O)c1sc(N(C)CC(F)(F)F)c(C#N)c1N. The Morgan fingerprint density at radius 3 is 2.45 bits per heavy atom. The van der Waals surface area contributed by atoms with Crippen LogP contribution in [0.4, 0.5) is 23.9 Å². The number of alkyl halides is 3. The summed E-state index contributed by atoms with van der Waals surface area (Å²) in [4.78, 5) is 13.0. The molecule has 0 amide bonds. The van der Waals surface area contributed by atoms with Crippen LogP contribution in [0, 0.1) is 17.2 Å². The first kappa shape index (κ1) is 16.3. The molecule has 0 radical (unpaired) electrons. The zero-order chi connectivity index (χ0) is 15.7. The van der Waals surface area contributed by atoms with E-state index in [0.29, 0.717) is 0 Å². The summed E-state index contributed by atoms with van der Waals surface area (Å²) in [6.07, 6.45) is -4.40. The van der Waals surface area contributed by atoms with Crippen molar-refractivity contribution in [2.45, 2.75) is 20.0 Å². The monoisotopic (exact) mass is 305 g/mol. The lowest BCUT2D eigenvalue weighted by molar-refractivity contribution is -0.119. The molecule has 4 nitrogen and oxygen atoms in total. The van der Waals surface area contributed by atoms with Crippen LogP contribution in [0.3, 0.4) is 0 Å². The van der Waals surface area contributed by atoms with Gasteiger partial charge in [-0.05, 0) is 0 Å². The number of nitrogens with zero attached hydrogens (tertiary/aromatic N) is 2. The third kappa shape index (κ3) is 3.42. The minimum absolute atomic E-state index is 0.0415. The fourth-order valence-corrected chi connectivity index (χ4v) is 2.81. The predicted octanol–water partition coefficient (Wildman–Crippen LogP) is 3.04. The number of carbonyl (C=O) groups excluding carboxylic acids is 1. The van der Waals surface area contributed by atoms with Crippen LogP contribution in [-0.4, -0.2) is 25.6 Å². The van der Waals surface area contributed by atoms with Crippen LogP contribution in [0.2, 0.25) is 0 Å². The van der Waals surface area contributed by atoms with E-state index in [2.05, 4.69) is 0 Å². The van der Waals surface area contributed by atoms with Gasteiger partial charge in [0.05, 0.1) is 10.6 Å². The van der Waals surface area contributed by atoms with Crippen molar-refractivity contribution in [1.29, 1.82) is 5.26 Å². The Hall–Kier alpha value is -1.75. The number of thiophene rings is 1. The van der Waals surface area contributed by atoms with E-state index in [9.17, 15) is 18.0 Å². The van der Waals surface area contributed by atoms with Gasteiger partial charge < -0.3 is 10.6 Å². The first-order valence-electron chi connectivity index (χ1n) is 5.73. The molecule has 0 aliphatic heterocycles. The van der Waals surface area contributed by atoms with Gasteiger partial charge in [0.15, 0.2) is 5.78 Å². The Kier molecular flexibility index (Phi) is 4.65. The Bertz CT molecular complexity index is 558.